The van der Waals surface area contributed by atoms with E-state index in [1.165, 1.54) is 0 Å². The van der Waals surface area contributed by atoms with Crippen molar-refractivity contribution in [1.29, 1.82) is 0 Å². The van der Waals surface area contributed by atoms with E-state index in [-0.39, 0.29) is 4.93 Å². The maximum absolute atomic E-state index is 10.6. The van der Waals surface area contributed by atoms with Crippen molar-refractivity contribution < 1.29 is 9.53 Å². The Labute approximate surface area is 77.4 Å². The van der Waals surface area contributed by atoms with Crippen LogP contribution in [-0.4, -0.2) is 16.8 Å². The van der Waals surface area contributed by atoms with E-state index in [0.717, 1.165) is 12.7 Å². The van der Waals surface area contributed by atoms with Crippen LogP contribution in [0.5, 0.6) is 0 Å². The highest BCUT2D eigenvalue weighted by Crippen LogP contribution is 2.39. The predicted molar refractivity (Wildman–Crippen MR) is 51.0 cm³/mol. The molecule has 1 unspecified atom stereocenters. The molecule has 1 rings (SSSR count). The minimum atomic E-state index is -0.673. The predicted octanol–water partition coefficient (Wildman–Crippen LogP) is 2.35. The molecule has 3 heteroatoms. The fraction of sp³-hybridized carbons (Fsp3) is 0.667. The third kappa shape index (κ3) is 2.35. The van der Waals surface area contributed by atoms with Gasteiger partial charge in [0.05, 0.1) is 0 Å². The molecule has 1 heterocycles. The molecule has 0 saturated carbocycles. The molecule has 1 aliphatic rings. The lowest BCUT2D eigenvalue weighted by Gasteiger charge is -2.31. The molecule has 0 bridgehead atoms. The number of rotatable bonds is 3. The van der Waals surface area contributed by atoms with Gasteiger partial charge >= 0.3 is 0 Å². The van der Waals surface area contributed by atoms with E-state index < -0.39 is 5.60 Å². The third-order valence-corrected chi connectivity index (χ3v) is 2.74. The molecule has 0 aromatic carbocycles. The number of aldehydes is 1. The maximum atomic E-state index is 10.6. The zero-order valence-electron chi connectivity index (χ0n) is 7.66. The van der Waals surface area contributed by atoms with Gasteiger partial charge in [-0.3, -0.25) is 0 Å². The Hall–Kier alpha value is -0.280. The molecular weight excluding hydrogens is 172 g/mol. The molecule has 68 valence electrons. The summed E-state index contributed by atoms with van der Waals surface area (Å²) >= 11 is 1.63. The minimum absolute atomic E-state index is 0.246. The minimum Gasteiger partial charge on any atom is -0.351 e. The lowest BCUT2D eigenvalue weighted by Crippen LogP contribution is -2.36. The summed E-state index contributed by atoms with van der Waals surface area (Å²) in [4.78, 5) is 10.4. The standard InChI is InChI=1S/C9H14O2S/c1-8(2,7-10)11-9(3)5-4-6-12-9/h4,6-7H,5H2,1-3H3. The van der Waals surface area contributed by atoms with Crippen LogP contribution in [0.15, 0.2) is 11.5 Å². The van der Waals surface area contributed by atoms with Crippen LogP contribution in [-0.2, 0) is 9.53 Å². The Bertz CT molecular complexity index is 201. The average molecular weight is 186 g/mol. The Morgan fingerprint density at radius 1 is 1.67 bits per heavy atom. The molecule has 0 amide bonds. The van der Waals surface area contributed by atoms with E-state index in [4.69, 9.17) is 4.74 Å². The van der Waals surface area contributed by atoms with E-state index in [2.05, 4.69) is 6.08 Å². The Morgan fingerprint density at radius 2 is 2.33 bits per heavy atom. The zero-order chi connectivity index (χ0) is 9.24. The first kappa shape index (κ1) is 9.81. The second-order valence-corrected chi connectivity index (χ2v) is 5.02. The number of ether oxygens (including phenoxy) is 1. The first-order valence-corrected chi connectivity index (χ1v) is 4.85. The van der Waals surface area contributed by atoms with E-state index >= 15 is 0 Å². The highest BCUT2D eigenvalue weighted by atomic mass is 32.2. The Morgan fingerprint density at radius 3 is 2.75 bits per heavy atom. The smallest absolute Gasteiger partial charge is 0.151 e. The molecule has 1 atom stereocenters. The second-order valence-electron chi connectivity index (χ2n) is 3.65. The number of hydrogen-bond donors (Lipinski definition) is 0. The second kappa shape index (κ2) is 3.23. The normalized spacial score (nSPS) is 29.2. The number of carbonyl (C=O) groups excluding carboxylic acids is 1. The Kier molecular flexibility index (Phi) is 2.64. The van der Waals surface area contributed by atoms with Crippen molar-refractivity contribution in [2.75, 3.05) is 0 Å². The van der Waals surface area contributed by atoms with Gasteiger partial charge in [-0.25, -0.2) is 0 Å². The van der Waals surface area contributed by atoms with Crippen molar-refractivity contribution >= 4 is 18.0 Å². The van der Waals surface area contributed by atoms with E-state index in [0.29, 0.717) is 0 Å². The molecule has 0 aromatic rings. The van der Waals surface area contributed by atoms with Crippen molar-refractivity contribution in [2.45, 2.75) is 37.7 Å². The number of carbonyl (C=O) groups is 1. The summed E-state index contributed by atoms with van der Waals surface area (Å²) in [6.07, 6.45) is 3.78. The molecule has 0 spiro atoms. The van der Waals surface area contributed by atoms with Gasteiger partial charge in [0.2, 0.25) is 0 Å². The lowest BCUT2D eigenvalue weighted by molar-refractivity contribution is -0.136. The quantitative estimate of drug-likeness (QED) is 0.633. The zero-order valence-corrected chi connectivity index (χ0v) is 8.48. The topological polar surface area (TPSA) is 26.3 Å². The summed E-state index contributed by atoms with van der Waals surface area (Å²) in [6, 6.07) is 0. The van der Waals surface area contributed by atoms with Crippen molar-refractivity contribution in [2.24, 2.45) is 0 Å². The molecule has 2 nitrogen and oxygen atoms in total. The van der Waals surface area contributed by atoms with Crippen LogP contribution < -0.4 is 0 Å². The molecule has 0 aliphatic carbocycles. The summed E-state index contributed by atoms with van der Waals surface area (Å²) in [6.45, 7) is 5.57. The van der Waals surface area contributed by atoms with Crippen LogP contribution in [0.3, 0.4) is 0 Å². The van der Waals surface area contributed by atoms with Gasteiger partial charge in [0.25, 0.3) is 0 Å². The number of thioether (sulfide) groups is 1. The van der Waals surface area contributed by atoms with Gasteiger partial charge in [-0.05, 0) is 26.2 Å². The van der Waals surface area contributed by atoms with Crippen LogP contribution in [0.2, 0.25) is 0 Å². The SMILES string of the molecule is CC(C)(C=O)OC1(C)CC=CS1. The van der Waals surface area contributed by atoms with E-state index in [1.807, 2.05) is 12.3 Å². The number of hydrogen-bond acceptors (Lipinski definition) is 3. The molecule has 0 saturated heterocycles. The van der Waals surface area contributed by atoms with Crippen LogP contribution in [0, 0.1) is 0 Å². The van der Waals surface area contributed by atoms with Crippen molar-refractivity contribution in [3.05, 3.63) is 11.5 Å². The van der Waals surface area contributed by atoms with Crippen LogP contribution >= 0.6 is 11.8 Å². The summed E-state index contributed by atoms with van der Waals surface area (Å²) < 4.78 is 5.67. The fourth-order valence-electron chi connectivity index (χ4n) is 1.15. The van der Waals surface area contributed by atoms with Gasteiger partial charge in [0.1, 0.15) is 10.5 Å². The van der Waals surface area contributed by atoms with Crippen molar-refractivity contribution in [1.82, 2.24) is 0 Å². The highest BCUT2D eigenvalue weighted by Gasteiger charge is 2.34. The van der Waals surface area contributed by atoms with E-state index in [9.17, 15) is 4.79 Å². The molecule has 12 heavy (non-hydrogen) atoms. The summed E-state index contributed by atoms with van der Waals surface area (Å²) in [5.41, 5.74) is -0.673. The summed E-state index contributed by atoms with van der Waals surface area (Å²) in [5.74, 6) is 0. The van der Waals surface area contributed by atoms with Gasteiger partial charge in [-0.1, -0.05) is 17.8 Å². The van der Waals surface area contributed by atoms with Gasteiger partial charge in [0.15, 0.2) is 6.29 Å². The fourth-order valence-corrected chi connectivity index (χ4v) is 2.08. The van der Waals surface area contributed by atoms with Gasteiger partial charge in [-0.2, -0.15) is 0 Å². The molecule has 0 fully saturated rings. The third-order valence-electron chi connectivity index (χ3n) is 1.66. The Balaban J connectivity index is 2.55. The van der Waals surface area contributed by atoms with E-state index in [1.54, 1.807) is 25.6 Å². The van der Waals surface area contributed by atoms with Crippen LogP contribution in [0.4, 0.5) is 0 Å². The molecule has 0 N–H and O–H groups in total. The van der Waals surface area contributed by atoms with Gasteiger partial charge in [0, 0.05) is 6.42 Å². The first-order chi connectivity index (χ1) is 5.47. The molecule has 1 aliphatic heterocycles. The highest BCUT2D eigenvalue weighted by molar-refractivity contribution is 8.03. The van der Waals surface area contributed by atoms with Crippen LogP contribution in [0.25, 0.3) is 0 Å². The first-order valence-electron chi connectivity index (χ1n) is 3.97. The molecular formula is C9H14O2S. The monoisotopic (exact) mass is 186 g/mol. The average Bonchev–Trinajstić information content (AvgIpc) is 2.35. The lowest BCUT2D eigenvalue weighted by atomic mass is 10.1. The van der Waals surface area contributed by atoms with Gasteiger partial charge < -0.3 is 9.53 Å². The molecule has 0 radical (unpaired) electrons. The summed E-state index contributed by atoms with van der Waals surface area (Å²) in [5, 5.41) is 2.01. The largest absolute Gasteiger partial charge is 0.351 e. The van der Waals surface area contributed by atoms with Gasteiger partial charge in [-0.15, -0.1) is 0 Å². The van der Waals surface area contributed by atoms with Crippen molar-refractivity contribution in [3.8, 4) is 0 Å². The summed E-state index contributed by atoms with van der Waals surface area (Å²) in [7, 11) is 0. The molecule has 0 aromatic heterocycles. The van der Waals surface area contributed by atoms with Crippen LogP contribution in [0.1, 0.15) is 27.2 Å². The van der Waals surface area contributed by atoms with Crippen molar-refractivity contribution in [3.63, 3.8) is 0 Å². The maximum Gasteiger partial charge on any atom is 0.151 e.